The van der Waals surface area contributed by atoms with Crippen molar-refractivity contribution in [1.82, 2.24) is 0 Å². The van der Waals surface area contributed by atoms with Gasteiger partial charge in [-0.05, 0) is 67.2 Å². The summed E-state index contributed by atoms with van der Waals surface area (Å²) in [5.41, 5.74) is 8.92. The maximum atomic E-state index is 13.3. The van der Waals surface area contributed by atoms with Crippen LogP contribution in [0.2, 0.25) is 0 Å². The van der Waals surface area contributed by atoms with E-state index in [-0.39, 0.29) is 11.4 Å². The molecule has 112 valence electrons. The highest BCUT2D eigenvalue weighted by molar-refractivity contribution is 5.29. The van der Waals surface area contributed by atoms with Gasteiger partial charge in [0.2, 0.25) is 0 Å². The summed E-state index contributed by atoms with van der Waals surface area (Å²) in [5, 5.41) is 0. The molecule has 3 unspecified atom stereocenters. The average molecular weight is 277 g/mol. The first-order valence-electron chi connectivity index (χ1n) is 7.86. The number of nitrogens with two attached hydrogens (primary N) is 1. The highest BCUT2D eigenvalue weighted by Crippen LogP contribution is 2.41. The highest BCUT2D eigenvalue weighted by atomic mass is 19.1. The molecule has 0 bridgehead atoms. The summed E-state index contributed by atoms with van der Waals surface area (Å²) in [5.74, 6) is 1.70. The summed E-state index contributed by atoms with van der Waals surface area (Å²) in [7, 11) is 0. The van der Waals surface area contributed by atoms with E-state index in [9.17, 15) is 4.39 Å². The number of halogens is 1. The van der Waals surface area contributed by atoms with E-state index in [0.29, 0.717) is 17.8 Å². The molecule has 1 aliphatic carbocycles. The third-order valence-corrected chi connectivity index (χ3v) is 5.07. The molecule has 2 heteroatoms. The molecule has 0 saturated heterocycles. The summed E-state index contributed by atoms with van der Waals surface area (Å²) in [6, 6.07) is 5.09. The van der Waals surface area contributed by atoms with Crippen molar-refractivity contribution in [3.05, 3.63) is 35.1 Å². The maximum absolute atomic E-state index is 13.3. The molecule has 0 amide bonds. The molecular weight excluding hydrogens is 249 g/mol. The van der Waals surface area contributed by atoms with Gasteiger partial charge >= 0.3 is 0 Å². The van der Waals surface area contributed by atoms with Crippen LogP contribution in [0.4, 0.5) is 4.39 Å². The van der Waals surface area contributed by atoms with Gasteiger partial charge in [0.15, 0.2) is 0 Å². The zero-order valence-corrected chi connectivity index (χ0v) is 13.2. The summed E-state index contributed by atoms with van der Waals surface area (Å²) in [6.07, 6.45) is 4.44. The van der Waals surface area contributed by atoms with Gasteiger partial charge in [0.25, 0.3) is 0 Å². The summed E-state index contributed by atoms with van der Waals surface area (Å²) < 4.78 is 13.3. The van der Waals surface area contributed by atoms with Crippen molar-refractivity contribution in [2.24, 2.45) is 23.5 Å². The van der Waals surface area contributed by atoms with E-state index in [1.54, 1.807) is 12.1 Å². The second kappa shape index (κ2) is 5.85. The molecular formula is C18H28FN. The summed E-state index contributed by atoms with van der Waals surface area (Å²) in [6.45, 7) is 8.84. The van der Waals surface area contributed by atoms with Crippen LogP contribution < -0.4 is 5.73 Å². The number of rotatable bonds is 3. The second-order valence-electron chi connectivity index (χ2n) is 7.22. The fourth-order valence-electron chi connectivity index (χ4n) is 4.07. The van der Waals surface area contributed by atoms with Crippen molar-refractivity contribution < 1.29 is 4.39 Å². The molecule has 20 heavy (non-hydrogen) atoms. The van der Waals surface area contributed by atoms with Crippen LogP contribution in [0.1, 0.15) is 51.2 Å². The van der Waals surface area contributed by atoms with E-state index in [0.717, 1.165) is 18.4 Å². The van der Waals surface area contributed by atoms with Crippen molar-refractivity contribution in [3.8, 4) is 0 Å². The highest BCUT2D eigenvalue weighted by Gasteiger charge is 2.41. The minimum Gasteiger partial charge on any atom is -0.325 e. The number of benzene rings is 1. The van der Waals surface area contributed by atoms with Gasteiger partial charge in [0, 0.05) is 5.54 Å². The van der Waals surface area contributed by atoms with Crippen LogP contribution >= 0.6 is 0 Å². The summed E-state index contributed by atoms with van der Waals surface area (Å²) in [4.78, 5) is 0. The first-order chi connectivity index (χ1) is 9.32. The van der Waals surface area contributed by atoms with Gasteiger partial charge in [0.05, 0.1) is 0 Å². The van der Waals surface area contributed by atoms with Crippen LogP contribution in [0.3, 0.4) is 0 Å². The molecule has 0 radical (unpaired) electrons. The quantitative estimate of drug-likeness (QED) is 0.867. The topological polar surface area (TPSA) is 26.0 Å². The van der Waals surface area contributed by atoms with E-state index in [2.05, 4.69) is 20.8 Å². The first kappa shape index (κ1) is 15.5. The Balaban J connectivity index is 2.26. The SMILES string of the molecule is Cc1cc(F)ccc1CC1(N)CC(C)CCC1C(C)C. The molecule has 0 aromatic heterocycles. The molecule has 2 rings (SSSR count). The first-order valence-corrected chi connectivity index (χ1v) is 7.86. The Morgan fingerprint density at radius 3 is 2.65 bits per heavy atom. The second-order valence-corrected chi connectivity index (χ2v) is 7.22. The van der Waals surface area contributed by atoms with Crippen LogP contribution in [0.5, 0.6) is 0 Å². The molecule has 3 atom stereocenters. The molecule has 0 heterocycles. The van der Waals surface area contributed by atoms with E-state index in [1.165, 1.54) is 18.4 Å². The zero-order valence-electron chi connectivity index (χ0n) is 13.2. The Kier molecular flexibility index (Phi) is 4.53. The van der Waals surface area contributed by atoms with E-state index in [4.69, 9.17) is 5.73 Å². The largest absolute Gasteiger partial charge is 0.325 e. The Labute approximate surface area is 122 Å². The number of hydrogen-bond donors (Lipinski definition) is 1. The van der Waals surface area contributed by atoms with Crippen molar-refractivity contribution in [2.45, 2.75) is 58.9 Å². The Bertz CT molecular complexity index is 468. The smallest absolute Gasteiger partial charge is 0.123 e. The molecule has 0 aliphatic heterocycles. The number of aryl methyl sites for hydroxylation is 1. The lowest BCUT2D eigenvalue weighted by molar-refractivity contribution is 0.109. The van der Waals surface area contributed by atoms with E-state index < -0.39 is 0 Å². The molecule has 1 aliphatic rings. The average Bonchev–Trinajstić information content (AvgIpc) is 2.32. The maximum Gasteiger partial charge on any atom is 0.123 e. The molecule has 1 aromatic carbocycles. The number of hydrogen-bond acceptors (Lipinski definition) is 1. The van der Waals surface area contributed by atoms with Gasteiger partial charge in [-0.25, -0.2) is 4.39 Å². The van der Waals surface area contributed by atoms with Gasteiger partial charge in [-0.1, -0.05) is 33.3 Å². The Morgan fingerprint density at radius 2 is 2.05 bits per heavy atom. The third kappa shape index (κ3) is 3.22. The Hall–Kier alpha value is -0.890. The third-order valence-electron chi connectivity index (χ3n) is 5.07. The standard InChI is InChI=1S/C18H28FN/c1-12(2)17-8-5-13(3)10-18(17,20)11-15-6-7-16(19)9-14(15)4/h6-7,9,12-13,17H,5,8,10-11,20H2,1-4H3. The lowest BCUT2D eigenvalue weighted by Crippen LogP contribution is -2.54. The van der Waals surface area contributed by atoms with Crippen LogP contribution in [0, 0.1) is 30.5 Å². The minimum atomic E-state index is -0.158. The molecule has 1 fully saturated rings. The predicted molar refractivity (Wildman–Crippen MR) is 83.1 cm³/mol. The van der Waals surface area contributed by atoms with Gasteiger partial charge in [-0.3, -0.25) is 0 Å². The summed E-state index contributed by atoms with van der Waals surface area (Å²) >= 11 is 0. The van der Waals surface area contributed by atoms with Crippen LogP contribution in [-0.4, -0.2) is 5.54 Å². The fourth-order valence-corrected chi connectivity index (χ4v) is 4.07. The van der Waals surface area contributed by atoms with Crippen LogP contribution in [0.25, 0.3) is 0 Å². The molecule has 1 saturated carbocycles. The monoisotopic (exact) mass is 277 g/mol. The van der Waals surface area contributed by atoms with Gasteiger partial charge < -0.3 is 5.73 Å². The molecule has 0 spiro atoms. The predicted octanol–water partition coefficient (Wildman–Crippen LogP) is 4.47. The van der Waals surface area contributed by atoms with Crippen LogP contribution in [0.15, 0.2) is 18.2 Å². The molecule has 2 N–H and O–H groups in total. The molecule has 1 nitrogen and oxygen atoms in total. The minimum absolute atomic E-state index is 0.144. The lowest BCUT2D eigenvalue weighted by Gasteiger charge is -2.46. The van der Waals surface area contributed by atoms with Crippen molar-refractivity contribution in [2.75, 3.05) is 0 Å². The normalized spacial score (nSPS) is 30.8. The Morgan fingerprint density at radius 1 is 1.35 bits per heavy atom. The van der Waals surface area contributed by atoms with Gasteiger partial charge in [-0.2, -0.15) is 0 Å². The van der Waals surface area contributed by atoms with E-state index >= 15 is 0 Å². The lowest BCUT2D eigenvalue weighted by atomic mass is 9.63. The van der Waals surface area contributed by atoms with Gasteiger partial charge in [-0.15, -0.1) is 0 Å². The molecule has 1 aromatic rings. The van der Waals surface area contributed by atoms with Crippen molar-refractivity contribution >= 4 is 0 Å². The van der Waals surface area contributed by atoms with Gasteiger partial charge in [0.1, 0.15) is 5.82 Å². The fraction of sp³-hybridized carbons (Fsp3) is 0.667. The van der Waals surface area contributed by atoms with Crippen molar-refractivity contribution in [3.63, 3.8) is 0 Å². The zero-order chi connectivity index (χ0) is 14.9. The van der Waals surface area contributed by atoms with E-state index in [1.807, 2.05) is 13.0 Å². The van der Waals surface area contributed by atoms with Crippen LogP contribution in [-0.2, 0) is 6.42 Å². The van der Waals surface area contributed by atoms with Crippen molar-refractivity contribution in [1.29, 1.82) is 0 Å².